The van der Waals surface area contributed by atoms with E-state index in [1.54, 1.807) is 49.9 Å². The first kappa shape index (κ1) is 116. The van der Waals surface area contributed by atoms with Crippen LogP contribution in [0.4, 0.5) is 0 Å². The van der Waals surface area contributed by atoms with Gasteiger partial charge in [0.15, 0.2) is 18.9 Å². The van der Waals surface area contributed by atoms with E-state index in [1.807, 2.05) is 54.6 Å². The molecule has 3 aromatic carbocycles. The maximum atomic E-state index is 15.9. The minimum atomic E-state index is -1.69. The van der Waals surface area contributed by atoms with Crippen LogP contribution in [0.3, 0.4) is 0 Å². The maximum absolute atomic E-state index is 15.9. The Hall–Kier alpha value is -10.1. The number of thiol groups is 1. The molecule has 0 radical (unpaired) electrons. The fourth-order valence-electron chi connectivity index (χ4n) is 16.4. The SMILES string of the molecule is COc1ccc(C(OCC(OC(=O)CCC(=O)N[SH](=P)=S)C(=O)N(CCCCN(CCCNC(=O)CCCCCO[C@@H]2OC(COC(C)=O)[C@H](OC(C)=O)[C@H](C)C2NC(C)=O)C(=O)CCCCCO[C@@H]2OC(COC(C)=O)[C@H](OC(C)=O)[C@H](C)C2NC(C)=O)CCCNC(=O)CCCCCO[C@@H]2OC(COC(C)=O)[C@H](OC(C)=O)[C@H](C)C2NC(C)=O)(c2ccccc2)c2ccc(OC)cc2)cc1. The number of unbranched alkanes of at least 4 members (excludes halogenated alkanes) is 7. The van der Waals surface area contributed by atoms with Crippen LogP contribution in [0.25, 0.3) is 0 Å². The molecule has 8 unspecified atom stereocenters. The first-order chi connectivity index (χ1) is 65.3. The highest BCUT2D eigenvalue weighted by Crippen LogP contribution is 2.43. The summed E-state index contributed by atoms with van der Waals surface area (Å²) < 4.78 is 96.9. The second-order valence-electron chi connectivity index (χ2n) is 34.0. The number of benzene rings is 3. The zero-order valence-corrected chi connectivity index (χ0v) is 83.8. The van der Waals surface area contributed by atoms with Gasteiger partial charge in [0.1, 0.15) is 73.5 Å². The van der Waals surface area contributed by atoms with Crippen LogP contribution in [0.2, 0.25) is 0 Å². The highest BCUT2D eigenvalue weighted by molar-refractivity contribution is 8.38. The predicted molar refractivity (Wildman–Crippen MR) is 504 cm³/mol. The third kappa shape index (κ3) is 40.7. The fraction of sp³-hybridized carbons (Fsp3) is 0.653. The first-order valence-corrected chi connectivity index (χ1v) is 50.3. The van der Waals surface area contributed by atoms with Crippen molar-refractivity contribution < 1.29 is 148 Å². The molecule has 0 saturated carbocycles. The number of esters is 7. The summed E-state index contributed by atoms with van der Waals surface area (Å²) in [6, 6.07) is 21.3. The molecule has 0 aromatic heterocycles. The van der Waals surface area contributed by atoms with Crippen molar-refractivity contribution in [1.29, 1.82) is 0 Å². The average Bonchev–Trinajstić information content (AvgIpc) is 0.745. The van der Waals surface area contributed by atoms with Crippen molar-refractivity contribution >= 4 is 117 Å². The number of methoxy groups -OCH3 is 2. The number of hydrogen-bond acceptors (Lipinski definition) is 32. The predicted octanol–water partition coefficient (Wildman–Crippen LogP) is 6.87. The molecule has 0 spiro atoms. The molecule has 0 aliphatic carbocycles. The Kier molecular flexibility index (Phi) is 51.8. The van der Waals surface area contributed by atoms with Crippen molar-refractivity contribution in [3.8, 4) is 11.5 Å². The molecule has 17 atom stereocenters. The number of nitrogens with zero attached hydrogens (tertiary/aromatic N) is 2. The van der Waals surface area contributed by atoms with Gasteiger partial charge in [0.25, 0.3) is 5.91 Å². The lowest BCUT2D eigenvalue weighted by Crippen LogP contribution is -2.62. The molecule has 39 nitrogen and oxygen atoms in total. The third-order valence-electron chi connectivity index (χ3n) is 23.1. The topological polar surface area (TPSA) is 482 Å². The second-order valence-corrected chi connectivity index (χ2v) is 38.2. The monoisotopic (exact) mass is 1980 g/mol. The minimum Gasteiger partial charge on any atom is -0.497 e. The van der Waals surface area contributed by atoms with E-state index in [9.17, 15) is 67.1 Å². The summed E-state index contributed by atoms with van der Waals surface area (Å²) >= 11 is 5.18. The lowest BCUT2D eigenvalue weighted by molar-refractivity contribution is -0.262. The Morgan fingerprint density at radius 3 is 1.14 bits per heavy atom. The summed E-state index contributed by atoms with van der Waals surface area (Å²) in [4.78, 5) is 198. The van der Waals surface area contributed by atoms with Crippen LogP contribution in [0, 0.1) is 17.8 Å². The summed E-state index contributed by atoms with van der Waals surface area (Å²) in [5, 5.41) is 14.5. The average molecular weight is 1990 g/mol. The Labute approximate surface area is 810 Å². The molecule has 3 aromatic rings. The van der Waals surface area contributed by atoms with Crippen LogP contribution in [0.1, 0.15) is 215 Å². The number of nitrogens with one attached hydrogen (secondary N) is 6. The highest BCUT2D eigenvalue weighted by Gasteiger charge is 2.51. The van der Waals surface area contributed by atoms with E-state index in [-0.39, 0.29) is 147 Å². The molecule has 764 valence electrons. The zero-order valence-electron chi connectivity index (χ0n) is 81.1. The minimum absolute atomic E-state index is 0.00853. The van der Waals surface area contributed by atoms with Crippen LogP contribution in [-0.4, -0.2) is 278 Å². The molecule has 8 amide bonds. The van der Waals surface area contributed by atoms with Gasteiger partial charge in [0.2, 0.25) is 47.5 Å². The quantitative estimate of drug-likeness (QED) is 0.00756. The molecule has 3 fully saturated rings. The van der Waals surface area contributed by atoms with E-state index in [2.05, 4.69) is 39.3 Å². The number of carbonyl (C=O) groups is 15. The van der Waals surface area contributed by atoms with Gasteiger partial charge >= 0.3 is 41.8 Å². The maximum Gasteiger partial charge on any atom is 0.307 e. The van der Waals surface area contributed by atoms with Crippen molar-refractivity contribution in [2.45, 2.75) is 284 Å². The van der Waals surface area contributed by atoms with Gasteiger partial charge in [-0.2, -0.15) is 0 Å². The molecular formula is C95H141N8O31PS2. The van der Waals surface area contributed by atoms with Gasteiger partial charge in [0, 0.05) is 165 Å². The van der Waals surface area contributed by atoms with Crippen molar-refractivity contribution in [3.63, 3.8) is 0 Å². The summed E-state index contributed by atoms with van der Waals surface area (Å²) in [6.07, 6.45) is -5.29. The third-order valence-corrected chi connectivity index (χ3v) is 24.1. The van der Waals surface area contributed by atoms with Crippen LogP contribution in [-0.2, 0) is 164 Å². The number of carbonyl (C=O) groups excluding carboxylic acids is 15. The summed E-state index contributed by atoms with van der Waals surface area (Å²) in [5.41, 5.74) is 0.271. The number of ether oxygens (including phenoxy) is 16. The molecule has 3 aliphatic rings. The van der Waals surface area contributed by atoms with Crippen LogP contribution < -0.4 is 40.8 Å². The van der Waals surface area contributed by atoms with E-state index in [0.717, 1.165) is 0 Å². The number of rotatable bonds is 60. The van der Waals surface area contributed by atoms with Crippen LogP contribution in [0.5, 0.6) is 11.5 Å². The van der Waals surface area contributed by atoms with Crippen molar-refractivity contribution in [2.24, 2.45) is 17.8 Å². The molecule has 6 rings (SSSR count). The second kappa shape index (κ2) is 61.4. The molecule has 6 N–H and O–H groups in total. The molecule has 3 aliphatic heterocycles. The number of amides is 8. The van der Waals surface area contributed by atoms with Crippen molar-refractivity contribution in [2.75, 3.05) is 99.7 Å². The first-order valence-electron chi connectivity index (χ1n) is 46.6. The van der Waals surface area contributed by atoms with Crippen molar-refractivity contribution in [3.05, 3.63) is 95.6 Å². The van der Waals surface area contributed by atoms with E-state index in [1.165, 1.54) is 81.4 Å². The van der Waals surface area contributed by atoms with Gasteiger partial charge in [-0.1, -0.05) is 111 Å². The Balaban J connectivity index is 1.23. The number of hydrogen-bond donors (Lipinski definition) is 7. The molecule has 137 heavy (non-hydrogen) atoms. The van der Waals surface area contributed by atoms with Crippen LogP contribution in [0.15, 0.2) is 78.9 Å². The summed E-state index contributed by atoms with van der Waals surface area (Å²) in [6.45, 7) is 16.4. The van der Waals surface area contributed by atoms with Gasteiger partial charge < -0.3 is 117 Å². The molecular weight excluding hydrogens is 1840 g/mol. The van der Waals surface area contributed by atoms with Crippen LogP contribution >= 0.6 is 8.02 Å². The Morgan fingerprint density at radius 2 is 0.781 bits per heavy atom. The van der Waals surface area contributed by atoms with Gasteiger partial charge in [-0.3, -0.25) is 71.9 Å². The van der Waals surface area contributed by atoms with Gasteiger partial charge in [0.05, 0.1) is 45.4 Å². The smallest absolute Gasteiger partial charge is 0.307 e. The fourth-order valence-corrected chi connectivity index (χ4v) is 17.4. The molecule has 42 heteroatoms. The van der Waals surface area contributed by atoms with E-state index in [0.29, 0.717) is 98.8 Å². The normalized spacial score (nSPS) is 21.6. The molecule has 3 heterocycles. The standard InChI is InChI=1S/C95H141N8O31PS2/c1-59-85(98-62(4)104)92(132-76(55-124-65(7)107)88(59)128-68(10)110)121-52-26-16-21-33-80(113)96-46-29-50-102(83(116)35-23-18-28-54-123-94-87(100-64(6)106)61(3)90(130-70(12)112)78(134-94)57-126-67(9)109)48-24-25-49-103(51-30-47-97-81(114)34-22-17-27-53-122-93-86(99-63(5)105)60(2)89(129-69(11)111)77(133-93)56-125-66(8)108)91(118)79(131-84(117)45-44-82(115)101-137(135)136)58-127-95(71-31-19-15-20-32-71,72-36-40-74(119-13)41-37-72)73-38-42-75(120-14)43-39-73/h15,19-20,31-32,36-43,59-61,76-79,85-90,92-94,135,137H,16-18,21-30,33-35,44-58H2,1-14H3,(H,96,113)(H,97,114)(H,98,104)(H,99,105)(H,100,106)(H,101,115,136)/t59-,60-,61-,76?,77?,78?,79?,85?,86?,87?,88-,89-,90-,92-,93-,94-/m1/s1. The Morgan fingerprint density at radius 1 is 0.423 bits per heavy atom. The lowest BCUT2D eigenvalue weighted by Gasteiger charge is -2.44. The van der Waals surface area contributed by atoms with Crippen molar-refractivity contribution in [1.82, 2.24) is 41.1 Å². The van der Waals surface area contributed by atoms with Gasteiger partial charge in [-0.25, -0.2) is 0 Å². The zero-order chi connectivity index (χ0) is 101. The summed E-state index contributed by atoms with van der Waals surface area (Å²) in [7, 11) is 4.82. The van der Waals surface area contributed by atoms with E-state index in [4.69, 9.17) is 87.0 Å². The molecule has 3 saturated heterocycles. The van der Waals surface area contributed by atoms with E-state index >= 15 is 4.79 Å². The summed E-state index contributed by atoms with van der Waals surface area (Å²) in [5.74, 6) is -8.09. The van der Waals surface area contributed by atoms with E-state index < -0.39 is 184 Å². The Bertz CT molecular complexity index is 4400. The van der Waals surface area contributed by atoms with Gasteiger partial charge in [-0.05, 0) is 116 Å². The highest BCUT2D eigenvalue weighted by atomic mass is 32.9. The molecule has 0 bridgehead atoms. The van der Waals surface area contributed by atoms with Gasteiger partial charge in [-0.15, -0.1) is 0 Å². The largest absolute Gasteiger partial charge is 0.497 e. The lowest BCUT2D eigenvalue weighted by atomic mass is 9.80.